The van der Waals surface area contributed by atoms with Crippen LogP contribution in [0.25, 0.3) is 17.3 Å². The highest BCUT2D eigenvalue weighted by atomic mass is 35.5. The number of halogens is 1. The van der Waals surface area contributed by atoms with Gasteiger partial charge < -0.3 is 5.32 Å². The molecule has 0 aliphatic heterocycles. The molecular formula is C20H20ClN. The third-order valence-corrected chi connectivity index (χ3v) is 3.72. The molecule has 2 aromatic carbocycles. The molecule has 0 spiro atoms. The van der Waals surface area contributed by atoms with Gasteiger partial charge in [0.25, 0.3) is 0 Å². The quantitative estimate of drug-likeness (QED) is 0.713. The second-order valence-electron chi connectivity index (χ2n) is 5.25. The van der Waals surface area contributed by atoms with Crippen LogP contribution in [-0.2, 0) is 6.54 Å². The Morgan fingerprint density at radius 1 is 1.09 bits per heavy atom. The second kappa shape index (κ2) is 7.15. The van der Waals surface area contributed by atoms with Crippen molar-refractivity contribution in [3.05, 3.63) is 89.5 Å². The van der Waals surface area contributed by atoms with Gasteiger partial charge in [0.2, 0.25) is 0 Å². The maximum Gasteiger partial charge on any atom is 0.0413 e. The molecule has 0 bridgehead atoms. The molecule has 1 nitrogen and oxygen atoms in total. The number of hydrogen-bond donors (Lipinski definition) is 1. The maximum absolute atomic E-state index is 6.11. The summed E-state index contributed by atoms with van der Waals surface area (Å²) in [5.74, 6) is 0. The lowest BCUT2D eigenvalue weighted by Crippen LogP contribution is -2.12. The Labute approximate surface area is 137 Å². The molecule has 0 radical (unpaired) electrons. The monoisotopic (exact) mass is 309 g/mol. The van der Waals surface area contributed by atoms with E-state index in [1.54, 1.807) is 0 Å². The van der Waals surface area contributed by atoms with Gasteiger partial charge >= 0.3 is 0 Å². The van der Waals surface area contributed by atoms with Crippen LogP contribution >= 0.6 is 11.6 Å². The van der Waals surface area contributed by atoms with Crippen molar-refractivity contribution in [2.75, 3.05) is 0 Å². The van der Waals surface area contributed by atoms with Crippen molar-refractivity contribution >= 4 is 28.9 Å². The molecule has 22 heavy (non-hydrogen) atoms. The zero-order valence-electron chi connectivity index (χ0n) is 12.8. The van der Waals surface area contributed by atoms with E-state index in [2.05, 4.69) is 37.2 Å². The number of benzene rings is 2. The predicted molar refractivity (Wildman–Crippen MR) is 98.6 cm³/mol. The SMILES string of the molecule is C=Cc1ccc(CNC(=C)c2cc(Cl)ccc2C(=C)C)cc1. The Morgan fingerprint density at radius 2 is 1.77 bits per heavy atom. The van der Waals surface area contributed by atoms with Gasteiger partial charge in [0.15, 0.2) is 0 Å². The van der Waals surface area contributed by atoms with Crippen molar-refractivity contribution in [2.45, 2.75) is 13.5 Å². The molecule has 0 aliphatic rings. The van der Waals surface area contributed by atoms with E-state index in [1.165, 1.54) is 5.56 Å². The molecule has 0 saturated carbocycles. The van der Waals surface area contributed by atoms with E-state index in [-0.39, 0.29) is 0 Å². The van der Waals surface area contributed by atoms with Crippen LogP contribution in [0.2, 0.25) is 5.02 Å². The average molecular weight is 310 g/mol. The first-order chi connectivity index (χ1) is 10.5. The number of allylic oxidation sites excluding steroid dienone is 1. The standard InChI is InChI=1S/C20H20ClN/c1-5-16-6-8-17(9-7-16)13-22-15(4)20-12-18(21)10-11-19(20)14(2)3/h5-12,22H,1-2,4,13H2,3H3. The Morgan fingerprint density at radius 3 is 2.36 bits per heavy atom. The molecule has 0 amide bonds. The minimum absolute atomic E-state index is 0.693. The van der Waals surface area contributed by atoms with Crippen molar-refractivity contribution in [1.29, 1.82) is 0 Å². The zero-order chi connectivity index (χ0) is 16.1. The fourth-order valence-electron chi connectivity index (χ4n) is 2.21. The molecule has 0 unspecified atom stereocenters. The summed E-state index contributed by atoms with van der Waals surface area (Å²) in [5, 5.41) is 4.05. The summed E-state index contributed by atoms with van der Waals surface area (Å²) < 4.78 is 0. The number of rotatable bonds is 6. The van der Waals surface area contributed by atoms with Crippen LogP contribution in [0.4, 0.5) is 0 Å². The normalized spacial score (nSPS) is 10.1. The van der Waals surface area contributed by atoms with Crippen molar-refractivity contribution in [3.8, 4) is 0 Å². The molecule has 2 rings (SSSR count). The number of hydrogen-bond acceptors (Lipinski definition) is 1. The lowest BCUT2D eigenvalue weighted by Gasteiger charge is -2.15. The van der Waals surface area contributed by atoms with Gasteiger partial charge in [0.05, 0.1) is 0 Å². The van der Waals surface area contributed by atoms with Crippen LogP contribution < -0.4 is 5.32 Å². The van der Waals surface area contributed by atoms with Crippen LogP contribution in [-0.4, -0.2) is 0 Å². The average Bonchev–Trinajstić information content (AvgIpc) is 2.52. The van der Waals surface area contributed by atoms with Gasteiger partial charge in [-0.3, -0.25) is 0 Å². The molecular weight excluding hydrogens is 290 g/mol. The molecule has 0 heterocycles. The lowest BCUT2D eigenvalue weighted by molar-refractivity contribution is 0.891. The molecule has 0 saturated heterocycles. The van der Waals surface area contributed by atoms with Crippen LogP contribution in [0.15, 0.2) is 62.2 Å². The first kappa shape index (κ1) is 16.1. The highest BCUT2D eigenvalue weighted by Gasteiger charge is 2.08. The Hall–Kier alpha value is -2.25. The Bertz CT molecular complexity index is 711. The molecule has 0 aromatic heterocycles. The van der Waals surface area contributed by atoms with Crippen molar-refractivity contribution in [3.63, 3.8) is 0 Å². The van der Waals surface area contributed by atoms with E-state index in [0.717, 1.165) is 28.0 Å². The molecule has 1 N–H and O–H groups in total. The number of nitrogens with one attached hydrogen (secondary N) is 1. The Kier molecular flexibility index (Phi) is 5.24. The summed E-state index contributed by atoms with van der Waals surface area (Å²) in [4.78, 5) is 0. The minimum atomic E-state index is 0.693. The van der Waals surface area contributed by atoms with Crippen molar-refractivity contribution in [1.82, 2.24) is 5.32 Å². The van der Waals surface area contributed by atoms with Gasteiger partial charge in [-0.1, -0.05) is 73.3 Å². The summed E-state index contributed by atoms with van der Waals surface area (Å²) in [5.41, 5.74) is 6.18. The third kappa shape index (κ3) is 3.90. The van der Waals surface area contributed by atoms with Gasteiger partial charge in [-0.05, 0) is 35.7 Å². The molecule has 0 atom stereocenters. The first-order valence-corrected chi connectivity index (χ1v) is 7.49. The molecule has 2 aromatic rings. The lowest BCUT2D eigenvalue weighted by atomic mass is 10.00. The minimum Gasteiger partial charge on any atom is -0.381 e. The molecule has 2 heteroatoms. The second-order valence-corrected chi connectivity index (χ2v) is 5.68. The van der Waals surface area contributed by atoms with Crippen molar-refractivity contribution in [2.24, 2.45) is 0 Å². The fraction of sp³-hybridized carbons (Fsp3) is 0.100. The maximum atomic E-state index is 6.11. The van der Waals surface area contributed by atoms with Gasteiger partial charge in [-0.15, -0.1) is 0 Å². The van der Waals surface area contributed by atoms with Crippen LogP contribution in [0.5, 0.6) is 0 Å². The van der Waals surface area contributed by atoms with E-state index >= 15 is 0 Å². The van der Waals surface area contributed by atoms with E-state index in [9.17, 15) is 0 Å². The Balaban J connectivity index is 2.13. The smallest absolute Gasteiger partial charge is 0.0413 e. The van der Waals surface area contributed by atoms with E-state index < -0.39 is 0 Å². The van der Waals surface area contributed by atoms with Gasteiger partial charge in [0.1, 0.15) is 0 Å². The van der Waals surface area contributed by atoms with Crippen molar-refractivity contribution < 1.29 is 0 Å². The third-order valence-electron chi connectivity index (χ3n) is 3.49. The largest absolute Gasteiger partial charge is 0.381 e. The summed E-state index contributed by atoms with van der Waals surface area (Å²) in [6, 6.07) is 14.0. The van der Waals surface area contributed by atoms with E-state index in [1.807, 2.05) is 43.3 Å². The first-order valence-electron chi connectivity index (χ1n) is 7.11. The topological polar surface area (TPSA) is 12.0 Å². The van der Waals surface area contributed by atoms with E-state index in [4.69, 9.17) is 11.6 Å². The molecule has 0 fully saturated rings. The summed E-state index contributed by atoms with van der Waals surface area (Å²) in [6.07, 6.45) is 1.83. The molecule has 0 aliphatic carbocycles. The van der Waals surface area contributed by atoms with Crippen LogP contribution in [0.1, 0.15) is 29.2 Å². The molecule has 112 valence electrons. The van der Waals surface area contributed by atoms with Crippen LogP contribution in [0.3, 0.4) is 0 Å². The zero-order valence-corrected chi connectivity index (χ0v) is 13.6. The van der Waals surface area contributed by atoms with Gasteiger partial charge in [-0.25, -0.2) is 0 Å². The highest BCUT2D eigenvalue weighted by Crippen LogP contribution is 2.26. The highest BCUT2D eigenvalue weighted by molar-refractivity contribution is 6.30. The summed E-state index contributed by atoms with van der Waals surface area (Å²) in [7, 11) is 0. The fourth-order valence-corrected chi connectivity index (χ4v) is 2.39. The van der Waals surface area contributed by atoms with Gasteiger partial charge in [0, 0.05) is 22.8 Å². The summed E-state index contributed by atoms with van der Waals surface area (Å²) in [6.45, 7) is 14.6. The van der Waals surface area contributed by atoms with E-state index in [0.29, 0.717) is 11.6 Å². The van der Waals surface area contributed by atoms with Crippen LogP contribution in [0, 0.1) is 0 Å². The van der Waals surface area contributed by atoms with Gasteiger partial charge in [-0.2, -0.15) is 0 Å². The summed E-state index contributed by atoms with van der Waals surface area (Å²) >= 11 is 6.11. The predicted octanol–water partition coefficient (Wildman–Crippen LogP) is 5.78.